The van der Waals surface area contributed by atoms with Crippen LogP contribution in [0.15, 0.2) is 12.2 Å². The highest BCUT2D eigenvalue weighted by molar-refractivity contribution is 8.00. The van der Waals surface area contributed by atoms with Gasteiger partial charge in [0, 0.05) is 30.3 Å². The smallest absolute Gasteiger partial charge is 0.315 e. The number of fused-ring (bicyclic) bond motifs is 1. The molecule has 0 bridgehead atoms. The molecule has 0 saturated carbocycles. The molecule has 5 N–H and O–H groups in total. The van der Waals surface area contributed by atoms with Gasteiger partial charge in [0.05, 0.1) is 24.7 Å². The van der Waals surface area contributed by atoms with Gasteiger partial charge in [-0.3, -0.25) is 14.4 Å². The Hall–Kier alpha value is -2.11. The van der Waals surface area contributed by atoms with Crippen LogP contribution in [0.1, 0.15) is 187 Å². The van der Waals surface area contributed by atoms with Crippen molar-refractivity contribution in [3.05, 3.63) is 12.2 Å². The summed E-state index contributed by atoms with van der Waals surface area (Å²) < 4.78 is 10.6. The third kappa shape index (κ3) is 23.7. The first-order valence-electron chi connectivity index (χ1n) is 21.9. The summed E-state index contributed by atoms with van der Waals surface area (Å²) in [7, 11) is 0. The molecular formula is C43H77N3O7S. The van der Waals surface area contributed by atoms with Gasteiger partial charge < -0.3 is 30.9 Å². The normalized spacial score (nSPS) is 19.0. The molecule has 2 saturated heterocycles. The molecule has 2 aliphatic rings. The predicted molar refractivity (Wildman–Crippen MR) is 220 cm³/mol. The van der Waals surface area contributed by atoms with Gasteiger partial charge in [-0.2, -0.15) is 11.8 Å². The van der Waals surface area contributed by atoms with E-state index in [9.17, 15) is 24.3 Å². The monoisotopic (exact) mass is 780 g/mol. The molecule has 54 heavy (non-hydrogen) atoms. The number of hydrogen-bond acceptors (Lipinski definition) is 9. The molecule has 10 nitrogen and oxygen atoms in total. The molecule has 2 amide bonds. The molecule has 2 aliphatic heterocycles. The number of carbonyl (C=O) groups is 4. The van der Waals surface area contributed by atoms with Crippen molar-refractivity contribution in [2.45, 2.75) is 216 Å². The van der Waals surface area contributed by atoms with E-state index in [0.29, 0.717) is 24.5 Å². The molecule has 312 valence electrons. The quantitative estimate of drug-likeness (QED) is 0.0211. The molecule has 0 aromatic rings. The minimum atomic E-state index is -0.816. The van der Waals surface area contributed by atoms with Crippen molar-refractivity contribution in [2.24, 2.45) is 5.73 Å². The van der Waals surface area contributed by atoms with Gasteiger partial charge in [0.25, 0.3) is 0 Å². The molecule has 0 aliphatic carbocycles. The van der Waals surface area contributed by atoms with Crippen LogP contribution >= 0.6 is 11.8 Å². The van der Waals surface area contributed by atoms with Crippen molar-refractivity contribution in [3.63, 3.8) is 0 Å². The molecule has 11 heteroatoms. The van der Waals surface area contributed by atoms with Gasteiger partial charge in [0.1, 0.15) is 12.4 Å². The number of amides is 2. The van der Waals surface area contributed by atoms with E-state index >= 15 is 0 Å². The number of ketones is 1. The SMILES string of the molecule is CCCCCCCC/C=C\CCCCCCCC(=O)OC[C@H](CO)OC(=O)CCCCCCCCCCC(N)C(=O)CCCC[C@@H]1SC[C@@H]2NC(=O)N[C@@H]21. The van der Waals surface area contributed by atoms with Crippen molar-refractivity contribution in [3.8, 4) is 0 Å². The van der Waals surface area contributed by atoms with Crippen LogP contribution < -0.4 is 16.4 Å². The van der Waals surface area contributed by atoms with E-state index in [1.165, 1.54) is 57.8 Å². The Morgan fingerprint density at radius 1 is 0.759 bits per heavy atom. The number of carbonyl (C=O) groups excluding carboxylic acids is 4. The molecule has 2 heterocycles. The summed E-state index contributed by atoms with van der Waals surface area (Å²) in [6.45, 7) is 1.78. The van der Waals surface area contributed by atoms with Crippen LogP contribution in [0, 0.1) is 0 Å². The van der Waals surface area contributed by atoms with Crippen molar-refractivity contribution in [1.29, 1.82) is 0 Å². The standard InChI is InChI=1S/C43H77N3O7S/c1-2-3-4-5-6-7-8-9-10-11-12-13-17-20-23-30-40(49)52-33-35(32-47)53-41(50)31-24-21-18-15-14-16-19-22-27-36(44)38(48)28-25-26-29-39-42-37(34-54-39)45-43(51)46-42/h9-10,35-37,39,42,47H,2-8,11-34,44H2,1H3,(H2,45,46,51)/b10-9-/t35-,36?,37-,39-,42-/m0/s1. The van der Waals surface area contributed by atoms with Gasteiger partial charge in [-0.25, -0.2) is 4.79 Å². The van der Waals surface area contributed by atoms with Gasteiger partial charge in [0.2, 0.25) is 0 Å². The Kier molecular flexibility index (Phi) is 28.5. The number of esters is 2. The van der Waals surface area contributed by atoms with E-state index in [-0.39, 0.29) is 55.1 Å². The van der Waals surface area contributed by atoms with Crippen molar-refractivity contribution in [1.82, 2.24) is 10.6 Å². The number of aliphatic hydroxyl groups is 1. The Morgan fingerprint density at radius 3 is 1.94 bits per heavy atom. The molecular weight excluding hydrogens is 703 g/mol. The number of nitrogens with two attached hydrogens (primary N) is 1. The second-order valence-electron chi connectivity index (χ2n) is 15.6. The first kappa shape index (κ1) is 48.0. The molecule has 0 aromatic carbocycles. The molecule has 0 spiro atoms. The van der Waals surface area contributed by atoms with Crippen LogP contribution in [0.2, 0.25) is 0 Å². The minimum Gasteiger partial charge on any atom is -0.462 e. The van der Waals surface area contributed by atoms with Crippen LogP contribution in [0.4, 0.5) is 4.79 Å². The highest BCUT2D eigenvalue weighted by Gasteiger charge is 2.42. The van der Waals surface area contributed by atoms with E-state index in [4.69, 9.17) is 15.2 Å². The maximum Gasteiger partial charge on any atom is 0.315 e. The first-order valence-corrected chi connectivity index (χ1v) is 23.0. The van der Waals surface area contributed by atoms with Crippen molar-refractivity contribution >= 4 is 35.5 Å². The van der Waals surface area contributed by atoms with Gasteiger partial charge in [0.15, 0.2) is 6.10 Å². The molecule has 2 fully saturated rings. The number of Topliss-reactive ketones (excluding diaryl/α,β-unsaturated/α-hetero) is 1. The topological polar surface area (TPSA) is 157 Å². The summed E-state index contributed by atoms with van der Waals surface area (Å²) in [6, 6.07) is 0.0376. The Bertz CT molecular complexity index is 1040. The number of hydrogen-bond donors (Lipinski definition) is 4. The average Bonchev–Trinajstić information content (AvgIpc) is 3.72. The molecule has 5 atom stereocenters. The number of urea groups is 1. The number of allylic oxidation sites excluding steroid dienone is 2. The lowest BCUT2D eigenvalue weighted by atomic mass is 9.98. The third-order valence-electron chi connectivity index (χ3n) is 10.7. The number of aliphatic hydroxyl groups excluding tert-OH is 1. The van der Waals surface area contributed by atoms with E-state index in [2.05, 4.69) is 29.7 Å². The van der Waals surface area contributed by atoms with Crippen LogP contribution in [0.3, 0.4) is 0 Å². The van der Waals surface area contributed by atoms with Crippen LogP contribution in [-0.2, 0) is 23.9 Å². The maximum atomic E-state index is 12.5. The number of thioether (sulfide) groups is 1. The second kappa shape index (κ2) is 32.0. The molecule has 0 aromatic heterocycles. The number of ether oxygens (including phenoxy) is 2. The summed E-state index contributed by atoms with van der Waals surface area (Å²) in [5, 5.41) is 16.0. The summed E-state index contributed by atoms with van der Waals surface area (Å²) in [4.78, 5) is 48.4. The molecule has 2 rings (SSSR count). The summed E-state index contributed by atoms with van der Waals surface area (Å²) >= 11 is 1.91. The van der Waals surface area contributed by atoms with E-state index < -0.39 is 6.10 Å². The van der Waals surface area contributed by atoms with Gasteiger partial charge in [-0.1, -0.05) is 122 Å². The van der Waals surface area contributed by atoms with E-state index in [1.54, 1.807) is 0 Å². The summed E-state index contributed by atoms with van der Waals surface area (Å²) in [6.07, 6.45) is 32.3. The van der Waals surface area contributed by atoms with E-state index in [1.807, 2.05) is 11.8 Å². The summed E-state index contributed by atoms with van der Waals surface area (Å²) in [5.41, 5.74) is 6.17. The lowest BCUT2D eigenvalue weighted by Crippen LogP contribution is -2.36. The first-order chi connectivity index (χ1) is 26.3. The molecule has 1 unspecified atom stereocenters. The van der Waals surface area contributed by atoms with Crippen LogP contribution in [-0.4, -0.2) is 77.3 Å². The highest BCUT2D eigenvalue weighted by atomic mass is 32.2. The number of unbranched alkanes of at least 4 members (excludes halogenated alkanes) is 19. The highest BCUT2D eigenvalue weighted by Crippen LogP contribution is 2.33. The van der Waals surface area contributed by atoms with Gasteiger partial charge in [-0.15, -0.1) is 0 Å². The average molecular weight is 780 g/mol. The van der Waals surface area contributed by atoms with E-state index in [0.717, 1.165) is 108 Å². The predicted octanol–water partition coefficient (Wildman–Crippen LogP) is 8.99. The fourth-order valence-electron chi connectivity index (χ4n) is 7.30. The van der Waals surface area contributed by atoms with Crippen molar-refractivity contribution in [2.75, 3.05) is 19.0 Å². The zero-order valence-electron chi connectivity index (χ0n) is 33.8. The Balaban J connectivity index is 1.33. The fraction of sp³-hybridized carbons (Fsp3) is 0.860. The Morgan fingerprint density at radius 2 is 1.31 bits per heavy atom. The molecule has 0 radical (unpaired) electrons. The minimum absolute atomic E-state index is 0.0584. The van der Waals surface area contributed by atoms with Crippen LogP contribution in [0.5, 0.6) is 0 Å². The zero-order chi connectivity index (χ0) is 39.1. The fourth-order valence-corrected chi connectivity index (χ4v) is 8.84. The summed E-state index contributed by atoms with van der Waals surface area (Å²) in [5.74, 6) is 0.451. The lowest BCUT2D eigenvalue weighted by molar-refractivity contribution is -0.161. The second-order valence-corrected chi connectivity index (χ2v) is 16.9. The van der Waals surface area contributed by atoms with Gasteiger partial charge >= 0.3 is 18.0 Å². The van der Waals surface area contributed by atoms with Gasteiger partial charge in [-0.05, 0) is 57.8 Å². The third-order valence-corrected chi connectivity index (χ3v) is 12.2. The lowest BCUT2D eigenvalue weighted by Gasteiger charge is -2.16. The Labute approximate surface area is 332 Å². The van der Waals surface area contributed by atoms with Crippen LogP contribution in [0.25, 0.3) is 0 Å². The van der Waals surface area contributed by atoms with Crippen molar-refractivity contribution < 1.29 is 33.8 Å². The zero-order valence-corrected chi connectivity index (χ0v) is 34.7. The number of nitrogens with one attached hydrogen (secondary N) is 2. The number of rotatable bonds is 36. The maximum absolute atomic E-state index is 12.5. The largest absolute Gasteiger partial charge is 0.462 e.